The van der Waals surface area contributed by atoms with Gasteiger partial charge in [-0.3, -0.25) is 0 Å². The summed E-state index contributed by atoms with van der Waals surface area (Å²) >= 11 is 0. The van der Waals surface area contributed by atoms with Crippen LogP contribution in [0.4, 0.5) is 5.69 Å². The molecule has 0 N–H and O–H groups in total. The molecule has 1 aromatic rings. The van der Waals surface area contributed by atoms with Crippen molar-refractivity contribution in [1.82, 2.24) is 0 Å². The lowest BCUT2D eigenvalue weighted by atomic mass is 9.98. The molecule has 0 radical (unpaired) electrons. The molecule has 0 saturated carbocycles. The number of hydrogen-bond acceptors (Lipinski definition) is 2. The molecule has 92 valence electrons. The molecular formula is C15H22N2. The van der Waals surface area contributed by atoms with Crippen molar-refractivity contribution in [3.05, 3.63) is 29.8 Å². The fraction of sp³-hybridized carbons (Fsp3) is 0.533. The fourth-order valence-electron chi connectivity index (χ4n) is 1.82. The van der Waals surface area contributed by atoms with Crippen LogP contribution in [-0.4, -0.2) is 13.6 Å². The van der Waals surface area contributed by atoms with Crippen molar-refractivity contribution in [3.63, 3.8) is 0 Å². The molecule has 2 heteroatoms. The highest BCUT2D eigenvalue weighted by Crippen LogP contribution is 2.21. The Balaban J connectivity index is 2.58. The summed E-state index contributed by atoms with van der Waals surface area (Å²) in [6.07, 6.45) is 2.74. The monoisotopic (exact) mass is 230 g/mol. The summed E-state index contributed by atoms with van der Waals surface area (Å²) in [7, 11) is 2.08. The molecule has 0 spiro atoms. The van der Waals surface area contributed by atoms with Crippen molar-refractivity contribution >= 4 is 5.69 Å². The smallest absolute Gasteiger partial charge is 0.0622 e. The number of unbranched alkanes of at least 4 members (excludes halogenated alkanes) is 1. The number of anilines is 1. The summed E-state index contributed by atoms with van der Waals surface area (Å²) in [5.74, 6) is 0.632. The molecule has 1 atom stereocenters. The van der Waals surface area contributed by atoms with Gasteiger partial charge < -0.3 is 4.90 Å². The molecule has 0 aliphatic heterocycles. The number of nitrogens with zero attached hydrogens (tertiary/aromatic N) is 2. The second-order valence-corrected chi connectivity index (χ2v) is 4.58. The third-order valence-corrected chi connectivity index (χ3v) is 3.30. The van der Waals surface area contributed by atoms with Gasteiger partial charge in [-0.25, -0.2) is 0 Å². The Morgan fingerprint density at radius 2 is 1.94 bits per heavy atom. The molecule has 0 fully saturated rings. The summed E-state index contributed by atoms with van der Waals surface area (Å²) in [6, 6.07) is 11.0. The summed E-state index contributed by atoms with van der Waals surface area (Å²) in [4.78, 5) is 2.21. The summed E-state index contributed by atoms with van der Waals surface area (Å²) in [5, 5.41) is 8.51. The molecule has 0 aromatic heterocycles. The van der Waals surface area contributed by atoms with Gasteiger partial charge in [-0.15, -0.1) is 0 Å². The first kappa shape index (κ1) is 13.6. The van der Waals surface area contributed by atoms with Crippen LogP contribution in [-0.2, 0) is 0 Å². The van der Waals surface area contributed by atoms with E-state index >= 15 is 0 Å². The maximum absolute atomic E-state index is 8.51. The zero-order chi connectivity index (χ0) is 12.7. The molecule has 2 nitrogen and oxygen atoms in total. The van der Waals surface area contributed by atoms with Crippen molar-refractivity contribution in [1.29, 1.82) is 5.26 Å². The van der Waals surface area contributed by atoms with Gasteiger partial charge in [0.2, 0.25) is 0 Å². The average Bonchev–Trinajstić information content (AvgIpc) is 2.38. The topological polar surface area (TPSA) is 27.0 Å². The Morgan fingerprint density at radius 1 is 1.29 bits per heavy atom. The van der Waals surface area contributed by atoms with Crippen LogP contribution < -0.4 is 4.90 Å². The second-order valence-electron chi connectivity index (χ2n) is 4.58. The van der Waals surface area contributed by atoms with E-state index in [1.165, 1.54) is 17.7 Å². The zero-order valence-electron chi connectivity index (χ0n) is 11.1. The van der Waals surface area contributed by atoms with Crippen molar-refractivity contribution in [2.45, 2.75) is 39.0 Å². The molecular weight excluding hydrogens is 208 g/mol. The van der Waals surface area contributed by atoms with Gasteiger partial charge in [0.15, 0.2) is 0 Å². The number of benzene rings is 1. The predicted molar refractivity (Wildman–Crippen MR) is 73.3 cm³/mol. The first-order chi connectivity index (χ1) is 8.19. The largest absolute Gasteiger partial charge is 0.375 e. The lowest BCUT2D eigenvalue weighted by molar-refractivity contribution is 0.733. The normalized spacial score (nSPS) is 11.9. The molecule has 0 saturated heterocycles. The number of nitriles is 1. The average molecular weight is 230 g/mol. The van der Waals surface area contributed by atoms with Crippen molar-refractivity contribution in [2.75, 3.05) is 18.5 Å². The molecule has 17 heavy (non-hydrogen) atoms. The second kappa shape index (κ2) is 6.96. The van der Waals surface area contributed by atoms with E-state index in [1.54, 1.807) is 0 Å². The van der Waals surface area contributed by atoms with Crippen LogP contribution in [0.25, 0.3) is 0 Å². The van der Waals surface area contributed by atoms with Crippen LogP contribution in [0.5, 0.6) is 0 Å². The highest BCUT2D eigenvalue weighted by molar-refractivity contribution is 5.47. The van der Waals surface area contributed by atoms with Crippen LogP contribution in [0.15, 0.2) is 24.3 Å². The van der Waals surface area contributed by atoms with Gasteiger partial charge in [-0.2, -0.15) is 5.26 Å². The van der Waals surface area contributed by atoms with Crippen LogP contribution in [0.1, 0.15) is 44.6 Å². The highest BCUT2D eigenvalue weighted by Gasteiger charge is 2.04. The minimum Gasteiger partial charge on any atom is -0.375 e. The highest BCUT2D eigenvalue weighted by atomic mass is 15.1. The van der Waals surface area contributed by atoms with Gasteiger partial charge in [-0.1, -0.05) is 26.0 Å². The van der Waals surface area contributed by atoms with Gasteiger partial charge in [-0.05, 0) is 36.5 Å². The van der Waals surface area contributed by atoms with E-state index in [2.05, 4.69) is 56.1 Å². The summed E-state index contributed by atoms with van der Waals surface area (Å²) in [5.41, 5.74) is 2.64. The molecule has 0 bridgehead atoms. The van der Waals surface area contributed by atoms with Gasteiger partial charge in [0.25, 0.3) is 0 Å². The summed E-state index contributed by atoms with van der Waals surface area (Å²) < 4.78 is 0. The summed E-state index contributed by atoms with van der Waals surface area (Å²) in [6.45, 7) is 5.41. The van der Waals surface area contributed by atoms with E-state index in [-0.39, 0.29) is 0 Å². The van der Waals surface area contributed by atoms with E-state index in [9.17, 15) is 0 Å². The van der Waals surface area contributed by atoms with E-state index < -0.39 is 0 Å². The van der Waals surface area contributed by atoms with Crippen LogP contribution in [0.2, 0.25) is 0 Å². The van der Waals surface area contributed by atoms with Crippen molar-refractivity contribution in [3.8, 4) is 6.07 Å². The van der Waals surface area contributed by atoms with E-state index in [1.807, 2.05) is 0 Å². The first-order valence-corrected chi connectivity index (χ1v) is 6.37. The molecule has 1 aromatic carbocycles. The van der Waals surface area contributed by atoms with E-state index in [4.69, 9.17) is 5.26 Å². The molecule has 0 aliphatic carbocycles. The Labute approximate surface area is 105 Å². The van der Waals surface area contributed by atoms with Crippen molar-refractivity contribution in [2.24, 2.45) is 0 Å². The maximum atomic E-state index is 8.51. The Bertz CT molecular complexity index is 362. The maximum Gasteiger partial charge on any atom is 0.0622 e. The molecule has 0 amide bonds. The lowest BCUT2D eigenvalue weighted by Gasteiger charge is -2.19. The Kier molecular flexibility index (Phi) is 5.56. The Morgan fingerprint density at radius 3 is 2.47 bits per heavy atom. The fourth-order valence-corrected chi connectivity index (χ4v) is 1.82. The van der Waals surface area contributed by atoms with Gasteiger partial charge >= 0.3 is 0 Å². The standard InChI is InChI=1S/C15H22N2/c1-4-13(2)14-7-9-15(10-8-14)17(3)12-6-5-11-16/h7-10,13H,4-6,12H2,1-3H3. The minimum atomic E-state index is 0.632. The van der Waals surface area contributed by atoms with Crippen molar-refractivity contribution < 1.29 is 0 Å². The number of rotatable bonds is 6. The van der Waals surface area contributed by atoms with Gasteiger partial charge in [0.1, 0.15) is 0 Å². The SMILES string of the molecule is CCC(C)c1ccc(N(C)CCCC#N)cc1. The van der Waals surface area contributed by atoms with Crippen LogP contribution in [0.3, 0.4) is 0 Å². The molecule has 0 heterocycles. The molecule has 1 rings (SSSR count). The minimum absolute atomic E-state index is 0.632. The molecule has 1 unspecified atom stereocenters. The quantitative estimate of drug-likeness (QED) is 0.692. The van der Waals surface area contributed by atoms with E-state index in [0.717, 1.165) is 13.0 Å². The Hall–Kier alpha value is -1.49. The van der Waals surface area contributed by atoms with Crippen LogP contribution in [0, 0.1) is 11.3 Å². The lowest BCUT2D eigenvalue weighted by Crippen LogP contribution is -2.18. The van der Waals surface area contributed by atoms with Gasteiger partial charge in [0, 0.05) is 25.7 Å². The van der Waals surface area contributed by atoms with Gasteiger partial charge in [0.05, 0.1) is 6.07 Å². The van der Waals surface area contributed by atoms with E-state index in [0.29, 0.717) is 12.3 Å². The predicted octanol–water partition coefficient (Wildman–Crippen LogP) is 3.94. The van der Waals surface area contributed by atoms with Crippen LogP contribution >= 0.6 is 0 Å². The third-order valence-electron chi connectivity index (χ3n) is 3.30. The zero-order valence-corrected chi connectivity index (χ0v) is 11.1. The first-order valence-electron chi connectivity index (χ1n) is 6.37. The third kappa shape index (κ3) is 4.11. The molecule has 0 aliphatic rings. The number of hydrogen-bond donors (Lipinski definition) is 0.